The number of esters is 1. The van der Waals surface area contributed by atoms with Crippen LogP contribution in [0.5, 0.6) is 0 Å². The molecule has 2 nitrogen and oxygen atoms in total. The molecule has 0 radical (unpaired) electrons. The number of benzene rings is 1. The molecule has 0 N–H and O–H groups in total. The summed E-state index contributed by atoms with van der Waals surface area (Å²) in [7, 11) is 0. The van der Waals surface area contributed by atoms with Gasteiger partial charge in [0, 0.05) is 0 Å². The second kappa shape index (κ2) is 5.54. The first-order chi connectivity index (χ1) is 7.09. The minimum atomic E-state index is -0.124. The first kappa shape index (κ1) is 11.8. The fourth-order valence-corrected chi connectivity index (χ4v) is 1.46. The third-order valence-electron chi connectivity index (χ3n) is 2.21. The van der Waals surface area contributed by atoms with Gasteiger partial charge >= 0.3 is 5.97 Å². The van der Waals surface area contributed by atoms with Crippen LogP contribution in [0.1, 0.15) is 38.7 Å². The van der Waals surface area contributed by atoms with Gasteiger partial charge in [-0.25, -0.2) is 0 Å². The fourth-order valence-electron chi connectivity index (χ4n) is 1.46. The van der Waals surface area contributed by atoms with Crippen LogP contribution in [0, 0.1) is 0 Å². The van der Waals surface area contributed by atoms with Gasteiger partial charge in [0.05, 0.1) is 12.5 Å². The Kier molecular flexibility index (Phi) is 4.35. The van der Waals surface area contributed by atoms with E-state index in [-0.39, 0.29) is 18.0 Å². The summed E-state index contributed by atoms with van der Waals surface area (Å²) in [6.07, 6.45) is 0.419. The zero-order valence-electron chi connectivity index (χ0n) is 9.57. The fraction of sp³-hybridized carbons (Fsp3) is 0.462. The molecule has 0 saturated heterocycles. The smallest absolute Gasteiger partial charge is 0.306 e. The summed E-state index contributed by atoms with van der Waals surface area (Å²) in [5, 5.41) is 0. The van der Waals surface area contributed by atoms with E-state index in [2.05, 4.69) is 0 Å². The van der Waals surface area contributed by atoms with Gasteiger partial charge in [0.15, 0.2) is 0 Å². The highest BCUT2D eigenvalue weighted by Crippen LogP contribution is 2.19. The molecule has 1 aromatic rings. The maximum Gasteiger partial charge on any atom is 0.306 e. The van der Waals surface area contributed by atoms with Crippen LogP contribution >= 0.6 is 0 Å². The van der Waals surface area contributed by atoms with Crippen LogP contribution in [0.25, 0.3) is 0 Å². The molecular weight excluding hydrogens is 188 g/mol. The van der Waals surface area contributed by atoms with E-state index in [1.165, 1.54) is 5.56 Å². The van der Waals surface area contributed by atoms with Gasteiger partial charge in [0.25, 0.3) is 0 Å². The van der Waals surface area contributed by atoms with Crippen LogP contribution in [0.3, 0.4) is 0 Å². The lowest BCUT2D eigenvalue weighted by Crippen LogP contribution is -2.13. The molecule has 0 bridgehead atoms. The van der Waals surface area contributed by atoms with Gasteiger partial charge in [-0.05, 0) is 25.3 Å². The molecule has 0 amide bonds. The maximum absolute atomic E-state index is 11.4. The van der Waals surface area contributed by atoms with Crippen molar-refractivity contribution in [2.45, 2.75) is 39.2 Å². The Balaban J connectivity index is 2.49. The van der Waals surface area contributed by atoms with E-state index in [4.69, 9.17) is 4.74 Å². The predicted octanol–water partition coefficient (Wildman–Crippen LogP) is 3.13. The molecule has 82 valence electrons. The first-order valence-corrected chi connectivity index (χ1v) is 5.34. The number of hydrogen-bond donors (Lipinski definition) is 0. The predicted molar refractivity (Wildman–Crippen MR) is 60.7 cm³/mol. The maximum atomic E-state index is 11.4. The van der Waals surface area contributed by atoms with Crippen molar-refractivity contribution < 1.29 is 9.53 Å². The quantitative estimate of drug-likeness (QED) is 0.707. The van der Waals surface area contributed by atoms with Crippen LogP contribution < -0.4 is 0 Å². The highest BCUT2D eigenvalue weighted by Gasteiger charge is 2.12. The van der Waals surface area contributed by atoms with Gasteiger partial charge in [-0.2, -0.15) is 0 Å². The SMILES string of the molecule is CC(C)OC(=O)CC(C)c1ccccc1. The molecule has 1 aromatic carbocycles. The van der Waals surface area contributed by atoms with Crippen LogP contribution in [-0.4, -0.2) is 12.1 Å². The van der Waals surface area contributed by atoms with Crippen molar-refractivity contribution in [1.29, 1.82) is 0 Å². The van der Waals surface area contributed by atoms with Crippen molar-refractivity contribution >= 4 is 5.97 Å². The van der Waals surface area contributed by atoms with E-state index >= 15 is 0 Å². The highest BCUT2D eigenvalue weighted by atomic mass is 16.5. The summed E-state index contributed by atoms with van der Waals surface area (Å²) >= 11 is 0. The van der Waals surface area contributed by atoms with Gasteiger partial charge in [-0.3, -0.25) is 4.79 Å². The first-order valence-electron chi connectivity index (χ1n) is 5.34. The third-order valence-corrected chi connectivity index (χ3v) is 2.21. The number of hydrogen-bond acceptors (Lipinski definition) is 2. The molecule has 0 heterocycles. The molecule has 0 saturated carbocycles. The molecule has 15 heavy (non-hydrogen) atoms. The van der Waals surface area contributed by atoms with Crippen LogP contribution in [0.15, 0.2) is 30.3 Å². The van der Waals surface area contributed by atoms with E-state index in [1.54, 1.807) is 0 Å². The summed E-state index contributed by atoms with van der Waals surface area (Å²) in [5.41, 5.74) is 1.18. The molecule has 0 aliphatic heterocycles. The normalized spacial score (nSPS) is 12.5. The van der Waals surface area contributed by atoms with E-state index < -0.39 is 0 Å². The van der Waals surface area contributed by atoms with Crippen molar-refractivity contribution in [2.75, 3.05) is 0 Å². The molecule has 1 atom stereocenters. The van der Waals surface area contributed by atoms with Gasteiger partial charge in [-0.15, -0.1) is 0 Å². The minimum absolute atomic E-state index is 0.0273. The van der Waals surface area contributed by atoms with E-state index in [1.807, 2.05) is 51.1 Å². The van der Waals surface area contributed by atoms with Crippen molar-refractivity contribution in [3.8, 4) is 0 Å². The van der Waals surface area contributed by atoms with Crippen molar-refractivity contribution in [1.82, 2.24) is 0 Å². The van der Waals surface area contributed by atoms with E-state index in [0.29, 0.717) is 6.42 Å². The summed E-state index contributed by atoms with van der Waals surface area (Å²) in [6.45, 7) is 5.77. The standard InChI is InChI=1S/C13H18O2/c1-10(2)15-13(14)9-11(3)12-7-5-4-6-8-12/h4-8,10-11H,9H2,1-3H3. The lowest BCUT2D eigenvalue weighted by molar-refractivity contribution is -0.147. The van der Waals surface area contributed by atoms with Gasteiger partial charge < -0.3 is 4.74 Å². The Morgan fingerprint density at radius 1 is 1.20 bits per heavy atom. The Morgan fingerprint density at radius 2 is 1.80 bits per heavy atom. The lowest BCUT2D eigenvalue weighted by Gasteiger charge is -2.12. The van der Waals surface area contributed by atoms with Gasteiger partial charge in [-0.1, -0.05) is 37.3 Å². The average Bonchev–Trinajstić information content (AvgIpc) is 2.17. The topological polar surface area (TPSA) is 26.3 Å². The Bertz CT molecular complexity index is 304. The van der Waals surface area contributed by atoms with Crippen LogP contribution in [0.4, 0.5) is 0 Å². The second-order valence-electron chi connectivity index (χ2n) is 4.05. The number of ether oxygens (including phenoxy) is 1. The molecule has 0 aromatic heterocycles. The summed E-state index contributed by atoms with van der Waals surface area (Å²) in [4.78, 5) is 11.4. The molecule has 0 aliphatic rings. The molecule has 2 heteroatoms. The number of carbonyl (C=O) groups excluding carboxylic acids is 1. The number of rotatable bonds is 4. The lowest BCUT2D eigenvalue weighted by atomic mass is 9.98. The molecule has 1 rings (SSSR count). The third kappa shape index (κ3) is 4.15. The van der Waals surface area contributed by atoms with Crippen molar-refractivity contribution in [3.63, 3.8) is 0 Å². The average molecular weight is 206 g/mol. The summed E-state index contributed by atoms with van der Waals surface area (Å²) in [6, 6.07) is 10.0. The molecule has 0 spiro atoms. The minimum Gasteiger partial charge on any atom is -0.463 e. The number of carbonyl (C=O) groups is 1. The monoisotopic (exact) mass is 206 g/mol. The van der Waals surface area contributed by atoms with Crippen molar-refractivity contribution in [2.24, 2.45) is 0 Å². The van der Waals surface area contributed by atoms with Gasteiger partial charge in [0.2, 0.25) is 0 Å². The van der Waals surface area contributed by atoms with Crippen LogP contribution in [0.2, 0.25) is 0 Å². The van der Waals surface area contributed by atoms with Gasteiger partial charge in [0.1, 0.15) is 0 Å². The van der Waals surface area contributed by atoms with Crippen molar-refractivity contribution in [3.05, 3.63) is 35.9 Å². The molecule has 0 fully saturated rings. The Labute approximate surface area is 91.3 Å². The zero-order chi connectivity index (χ0) is 11.3. The summed E-state index contributed by atoms with van der Waals surface area (Å²) < 4.78 is 5.10. The molecule has 1 unspecified atom stereocenters. The largest absolute Gasteiger partial charge is 0.463 e. The Hall–Kier alpha value is -1.31. The van der Waals surface area contributed by atoms with E-state index in [0.717, 1.165) is 0 Å². The van der Waals surface area contributed by atoms with E-state index in [9.17, 15) is 4.79 Å². The zero-order valence-corrected chi connectivity index (χ0v) is 9.57. The highest BCUT2D eigenvalue weighted by molar-refractivity contribution is 5.70. The second-order valence-corrected chi connectivity index (χ2v) is 4.05. The molecule has 0 aliphatic carbocycles. The summed E-state index contributed by atoms with van der Waals surface area (Å²) in [5.74, 6) is 0.0961. The van der Waals surface area contributed by atoms with Crippen LogP contribution in [-0.2, 0) is 9.53 Å². The Morgan fingerprint density at radius 3 is 2.33 bits per heavy atom. The molecular formula is C13H18O2.